The summed E-state index contributed by atoms with van der Waals surface area (Å²) in [5.74, 6) is -1.02. The molecule has 5 nitrogen and oxygen atoms in total. The van der Waals surface area contributed by atoms with E-state index in [9.17, 15) is 4.79 Å². The van der Waals surface area contributed by atoms with Gasteiger partial charge in [0, 0.05) is 18.8 Å². The molecule has 1 aromatic carbocycles. The summed E-state index contributed by atoms with van der Waals surface area (Å²) in [7, 11) is 1.81. The van der Waals surface area contributed by atoms with Crippen molar-refractivity contribution in [2.45, 2.75) is 6.54 Å². The topological polar surface area (TPSA) is 86.8 Å². The number of nitrogen functional groups attached to an aromatic ring is 1. The average molecular weight is 224 g/mol. The van der Waals surface area contributed by atoms with Crippen LogP contribution in [-0.4, -0.2) is 41.3 Å². The molecule has 0 saturated heterocycles. The Morgan fingerprint density at radius 1 is 1.50 bits per heavy atom. The second kappa shape index (κ2) is 5.48. The van der Waals surface area contributed by atoms with Crippen molar-refractivity contribution in [3.05, 3.63) is 29.3 Å². The quantitative estimate of drug-likeness (QED) is 0.630. The summed E-state index contributed by atoms with van der Waals surface area (Å²) in [4.78, 5) is 12.9. The van der Waals surface area contributed by atoms with Crippen molar-refractivity contribution in [2.24, 2.45) is 0 Å². The van der Waals surface area contributed by atoms with Crippen LogP contribution in [0.15, 0.2) is 18.2 Å². The molecule has 0 amide bonds. The summed E-state index contributed by atoms with van der Waals surface area (Å²) in [6.45, 7) is 0.988. The summed E-state index contributed by atoms with van der Waals surface area (Å²) in [5.41, 5.74) is 6.69. The van der Waals surface area contributed by atoms with Gasteiger partial charge in [-0.15, -0.1) is 0 Å². The van der Waals surface area contributed by atoms with Crippen LogP contribution in [0.5, 0.6) is 0 Å². The molecule has 0 aliphatic carbocycles. The van der Waals surface area contributed by atoms with Gasteiger partial charge in [0.15, 0.2) is 0 Å². The van der Waals surface area contributed by atoms with Crippen LogP contribution in [0, 0.1) is 0 Å². The number of aromatic carboxylic acids is 1. The van der Waals surface area contributed by atoms with Gasteiger partial charge in [-0.1, -0.05) is 12.1 Å². The van der Waals surface area contributed by atoms with Crippen LogP contribution in [0.3, 0.4) is 0 Å². The molecule has 0 heterocycles. The van der Waals surface area contributed by atoms with E-state index in [-0.39, 0.29) is 17.9 Å². The fourth-order valence-electron chi connectivity index (χ4n) is 1.55. The van der Waals surface area contributed by atoms with Crippen molar-refractivity contribution in [2.75, 3.05) is 25.9 Å². The Balaban J connectivity index is 2.95. The van der Waals surface area contributed by atoms with E-state index in [1.807, 2.05) is 11.9 Å². The zero-order valence-corrected chi connectivity index (χ0v) is 9.18. The maximum atomic E-state index is 11.0. The molecule has 0 radical (unpaired) electrons. The van der Waals surface area contributed by atoms with Gasteiger partial charge in [0.1, 0.15) is 0 Å². The Labute approximate surface area is 94.1 Å². The van der Waals surface area contributed by atoms with Crippen molar-refractivity contribution >= 4 is 11.7 Å². The van der Waals surface area contributed by atoms with Gasteiger partial charge >= 0.3 is 5.97 Å². The van der Waals surface area contributed by atoms with E-state index in [0.717, 1.165) is 0 Å². The minimum absolute atomic E-state index is 0.0429. The van der Waals surface area contributed by atoms with E-state index < -0.39 is 5.97 Å². The Morgan fingerprint density at radius 3 is 2.75 bits per heavy atom. The Hall–Kier alpha value is -1.59. The molecule has 16 heavy (non-hydrogen) atoms. The predicted octanol–water partition coefficient (Wildman–Crippen LogP) is 0.391. The van der Waals surface area contributed by atoms with E-state index in [4.69, 9.17) is 15.9 Å². The molecule has 0 spiro atoms. The Kier molecular flexibility index (Phi) is 4.28. The first-order chi connectivity index (χ1) is 7.56. The fraction of sp³-hybridized carbons (Fsp3) is 0.364. The second-order valence-corrected chi connectivity index (χ2v) is 3.65. The first-order valence-electron chi connectivity index (χ1n) is 4.96. The summed E-state index contributed by atoms with van der Waals surface area (Å²) >= 11 is 0. The van der Waals surface area contributed by atoms with Crippen molar-refractivity contribution in [3.63, 3.8) is 0 Å². The van der Waals surface area contributed by atoms with E-state index >= 15 is 0 Å². The molecule has 0 aliphatic rings. The highest BCUT2D eigenvalue weighted by Crippen LogP contribution is 2.18. The van der Waals surface area contributed by atoms with Gasteiger partial charge in [0.05, 0.1) is 12.2 Å². The van der Waals surface area contributed by atoms with Crippen LogP contribution in [0.1, 0.15) is 15.9 Å². The fourth-order valence-corrected chi connectivity index (χ4v) is 1.55. The zero-order chi connectivity index (χ0) is 12.1. The minimum atomic E-state index is -1.02. The number of benzene rings is 1. The number of nitrogens with two attached hydrogens (primary N) is 1. The lowest BCUT2D eigenvalue weighted by Gasteiger charge is -2.17. The van der Waals surface area contributed by atoms with Gasteiger partial charge in [0.2, 0.25) is 0 Å². The van der Waals surface area contributed by atoms with Gasteiger partial charge in [-0.3, -0.25) is 4.90 Å². The smallest absolute Gasteiger partial charge is 0.338 e. The zero-order valence-electron chi connectivity index (χ0n) is 9.18. The number of likely N-dealkylation sites (N-methyl/N-ethyl adjacent to an activating group) is 1. The molecule has 88 valence electrons. The van der Waals surface area contributed by atoms with Crippen molar-refractivity contribution in [1.29, 1.82) is 0 Å². The van der Waals surface area contributed by atoms with Crippen molar-refractivity contribution in [3.8, 4) is 0 Å². The monoisotopic (exact) mass is 224 g/mol. The summed E-state index contributed by atoms with van der Waals surface area (Å²) in [6.07, 6.45) is 0. The first-order valence-corrected chi connectivity index (χ1v) is 4.96. The highest BCUT2D eigenvalue weighted by Gasteiger charge is 2.14. The predicted molar refractivity (Wildman–Crippen MR) is 61.2 cm³/mol. The van der Waals surface area contributed by atoms with E-state index in [1.54, 1.807) is 18.2 Å². The molecule has 0 saturated carbocycles. The normalized spacial score (nSPS) is 10.7. The van der Waals surface area contributed by atoms with Crippen LogP contribution < -0.4 is 5.73 Å². The van der Waals surface area contributed by atoms with Crippen LogP contribution >= 0.6 is 0 Å². The number of rotatable bonds is 5. The molecule has 0 atom stereocenters. The third-order valence-electron chi connectivity index (χ3n) is 2.32. The number of carboxylic acid groups (broad SMARTS) is 1. The number of carbonyl (C=O) groups is 1. The highest BCUT2D eigenvalue weighted by molar-refractivity contribution is 5.95. The number of carboxylic acids is 1. The number of hydrogen-bond acceptors (Lipinski definition) is 4. The number of aliphatic hydroxyl groups is 1. The van der Waals surface area contributed by atoms with Crippen LogP contribution in [0.2, 0.25) is 0 Å². The lowest BCUT2D eigenvalue weighted by molar-refractivity contribution is 0.0696. The molecular formula is C11H16N2O3. The third-order valence-corrected chi connectivity index (χ3v) is 2.32. The Bertz CT molecular complexity index is 379. The molecule has 4 N–H and O–H groups in total. The lowest BCUT2D eigenvalue weighted by Crippen LogP contribution is -2.23. The summed E-state index contributed by atoms with van der Waals surface area (Å²) in [5, 5.41) is 17.8. The highest BCUT2D eigenvalue weighted by atomic mass is 16.4. The Morgan fingerprint density at radius 2 is 2.19 bits per heavy atom. The molecule has 0 unspecified atom stereocenters. The molecular weight excluding hydrogens is 208 g/mol. The first kappa shape index (κ1) is 12.5. The lowest BCUT2D eigenvalue weighted by atomic mass is 10.1. The van der Waals surface area contributed by atoms with E-state index in [1.165, 1.54) is 0 Å². The maximum absolute atomic E-state index is 11.0. The molecule has 0 bridgehead atoms. The summed E-state index contributed by atoms with van der Waals surface area (Å²) in [6, 6.07) is 5.02. The number of anilines is 1. The van der Waals surface area contributed by atoms with Gasteiger partial charge in [-0.25, -0.2) is 4.79 Å². The molecule has 0 aliphatic heterocycles. The van der Waals surface area contributed by atoms with Gasteiger partial charge in [0.25, 0.3) is 0 Å². The molecule has 0 aromatic heterocycles. The average Bonchev–Trinajstić information content (AvgIpc) is 2.17. The minimum Gasteiger partial charge on any atom is -0.478 e. The van der Waals surface area contributed by atoms with Crippen molar-refractivity contribution < 1.29 is 15.0 Å². The van der Waals surface area contributed by atoms with Crippen LogP contribution in [0.25, 0.3) is 0 Å². The van der Waals surface area contributed by atoms with E-state index in [0.29, 0.717) is 18.7 Å². The molecule has 1 aromatic rings. The number of nitrogens with zero attached hydrogens (tertiary/aromatic N) is 1. The number of aliphatic hydroxyl groups excluding tert-OH is 1. The standard InChI is InChI=1S/C11H16N2O3/c1-13(5-6-14)7-8-3-2-4-9(12)10(8)11(15)16/h2-4,14H,5-7,12H2,1H3,(H,15,16). The van der Waals surface area contributed by atoms with Gasteiger partial charge in [-0.2, -0.15) is 0 Å². The van der Waals surface area contributed by atoms with E-state index in [2.05, 4.69) is 0 Å². The summed E-state index contributed by atoms with van der Waals surface area (Å²) < 4.78 is 0. The SMILES string of the molecule is CN(CCO)Cc1cccc(N)c1C(=O)O. The molecule has 1 rings (SSSR count). The van der Waals surface area contributed by atoms with Crippen molar-refractivity contribution in [1.82, 2.24) is 4.90 Å². The van der Waals surface area contributed by atoms with Gasteiger partial charge < -0.3 is 15.9 Å². The van der Waals surface area contributed by atoms with Crippen LogP contribution in [0.4, 0.5) is 5.69 Å². The van der Waals surface area contributed by atoms with Crippen LogP contribution in [-0.2, 0) is 6.54 Å². The number of hydrogen-bond donors (Lipinski definition) is 3. The largest absolute Gasteiger partial charge is 0.478 e. The molecule has 0 fully saturated rings. The maximum Gasteiger partial charge on any atom is 0.338 e. The molecule has 5 heteroatoms. The second-order valence-electron chi connectivity index (χ2n) is 3.65. The third kappa shape index (κ3) is 2.95. The van der Waals surface area contributed by atoms with Gasteiger partial charge in [-0.05, 0) is 18.7 Å².